The quantitative estimate of drug-likeness (QED) is 0.801. The number of imidazole rings is 1. The van der Waals surface area contributed by atoms with E-state index in [2.05, 4.69) is 4.98 Å². The van der Waals surface area contributed by atoms with Crippen molar-refractivity contribution in [2.24, 2.45) is 0 Å². The lowest BCUT2D eigenvalue weighted by Gasteiger charge is -2.26. The number of likely N-dealkylation sites (N-methyl/N-ethyl adjacent to an activating group) is 1. The van der Waals surface area contributed by atoms with E-state index in [0.717, 1.165) is 0 Å². The zero-order valence-electron chi connectivity index (χ0n) is 11.6. The summed E-state index contributed by atoms with van der Waals surface area (Å²) in [5.74, 6) is 0.100. The van der Waals surface area contributed by atoms with Gasteiger partial charge in [0.2, 0.25) is 5.91 Å². The fourth-order valence-corrected chi connectivity index (χ4v) is 2.59. The first kappa shape index (κ1) is 14.0. The number of aryl methyl sites for hydroxylation is 1. The zero-order chi connectivity index (χ0) is 13.9. The van der Waals surface area contributed by atoms with Gasteiger partial charge >= 0.3 is 0 Å². The van der Waals surface area contributed by atoms with Crippen LogP contribution in [0.15, 0.2) is 18.7 Å². The summed E-state index contributed by atoms with van der Waals surface area (Å²) in [5.41, 5.74) is -0.756. The Kier molecular flexibility index (Phi) is 4.21. The molecular formula is C13H22N4O2. The summed E-state index contributed by atoms with van der Waals surface area (Å²) in [6, 6.07) is 0. The first-order valence-corrected chi connectivity index (χ1v) is 6.59. The maximum atomic E-state index is 12.1. The average Bonchev–Trinajstić information content (AvgIpc) is 2.94. The van der Waals surface area contributed by atoms with Crippen LogP contribution >= 0.6 is 0 Å². The van der Waals surface area contributed by atoms with Gasteiger partial charge in [-0.3, -0.25) is 4.79 Å². The molecule has 2 rings (SSSR count). The normalized spacial score (nSPS) is 23.3. The Morgan fingerprint density at radius 3 is 2.95 bits per heavy atom. The molecule has 1 amide bonds. The molecule has 1 aromatic rings. The van der Waals surface area contributed by atoms with E-state index in [0.29, 0.717) is 39.0 Å². The number of rotatable bonds is 5. The van der Waals surface area contributed by atoms with Crippen LogP contribution < -0.4 is 0 Å². The zero-order valence-corrected chi connectivity index (χ0v) is 11.6. The number of amides is 1. The van der Waals surface area contributed by atoms with Gasteiger partial charge in [0.15, 0.2) is 0 Å². The van der Waals surface area contributed by atoms with Crippen molar-refractivity contribution in [3.8, 4) is 0 Å². The fourth-order valence-electron chi connectivity index (χ4n) is 2.59. The van der Waals surface area contributed by atoms with E-state index in [-0.39, 0.29) is 5.91 Å². The van der Waals surface area contributed by atoms with Crippen LogP contribution in [-0.2, 0) is 11.3 Å². The number of β-amino-alcohol motifs (C(OH)–C–C–N with tert-alkyl or cyclic N) is 1. The van der Waals surface area contributed by atoms with Crippen molar-refractivity contribution in [3.63, 3.8) is 0 Å². The van der Waals surface area contributed by atoms with Crippen molar-refractivity contribution in [3.05, 3.63) is 18.7 Å². The monoisotopic (exact) mass is 266 g/mol. The van der Waals surface area contributed by atoms with Crippen molar-refractivity contribution in [2.75, 3.05) is 33.7 Å². The highest BCUT2D eigenvalue weighted by Gasteiger charge is 2.38. The molecule has 1 aliphatic rings. The molecule has 0 radical (unpaired) electrons. The number of carbonyl (C=O) groups excluding carboxylic acids is 1. The van der Waals surface area contributed by atoms with E-state index in [9.17, 15) is 9.90 Å². The van der Waals surface area contributed by atoms with Crippen LogP contribution in [0.1, 0.15) is 12.8 Å². The number of hydrogen-bond acceptors (Lipinski definition) is 4. The van der Waals surface area contributed by atoms with Crippen molar-refractivity contribution >= 4 is 5.91 Å². The van der Waals surface area contributed by atoms with Gasteiger partial charge in [-0.05, 0) is 20.5 Å². The molecular weight excluding hydrogens is 244 g/mol. The van der Waals surface area contributed by atoms with Crippen LogP contribution in [0, 0.1) is 0 Å². The van der Waals surface area contributed by atoms with Gasteiger partial charge in [-0.25, -0.2) is 4.98 Å². The molecule has 0 bridgehead atoms. The molecule has 0 aromatic carbocycles. The standard InChI is InChI=1S/C13H22N4O2/c1-15(2)9-13(19)4-7-17(10-13)12(18)3-6-16-8-5-14-11-16/h5,8,11,19H,3-4,6-7,9-10H2,1-2H3. The minimum Gasteiger partial charge on any atom is -0.387 e. The van der Waals surface area contributed by atoms with E-state index >= 15 is 0 Å². The summed E-state index contributed by atoms with van der Waals surface area (Å²) in [5, 5.41) is 10.4. The van der Waals surface area contributed by atoms with E-state index in [4.69, 9.17) is 0 Å². The maximum Gasteiger partial charge on any atom is 0.224 e. The Hall–Kier alpha value is -1.40. The fraction of sp³-hybridized carbons (Fsp3) is 0.692. The Morgan fingerprint density at radius 2 is 2.32 bits per heavy atom. The number of likely N-dealkylation sites (tertiary alicyclic amines) is 1. The Morgan fingerprint density at radius 1 is 1.53 bits per heavy atom. The molecule has 106 valence electrons. The van der Waals surface area contributed by atoms with Crippen LogP contribution in [0.4, 0.5) is 0 Å². The highest BCUT2D eigenvalue weighted by Crippen LogP contribution is 2.22. The third-order valence-electron chi connectivity index (χ3n) is 3.44. The van der Waals surface area contributed by atoms with E-state index in [1.54, 1.807) is 17.4 Å². The minimum absolute atomic E-state index is 0.100. The first-order valence-electron chi connectivity index (χ1n) is 6.59. The third-order valence-corrected chi connectivity index (χ3v) is 3.44. The molecule has 1 fully saturated rings. The van der Waals surface area contributed by atoms with Crippen LogP contribution in [0.5, 0.6) is 0 Å². The topological polar surface area (TPSA) is 61.6 Å². The number of hydrogen-bond donors (Lipinski definition) is 1. The summed E-state index contributed by atoms with van der Waals surface area (Å²) in [4.78, 5) is 19.7. The summed E-state index contributed by atoms with van der Waals surface area (Å²) >= 11 is 0. The average molecular weight is 266 g/mol. The molecule has 6 nitrogen and oxygen atoms in total. The molecule has 6 heteroatoms. The third kappa shape index (κ3) is 3.78. The molecule has 1 aromatic heterocycles. The van der Waals surface area contributed by atoms with Gasteiger partial charge in [0, 0.05) is 38.4 Å². The van der Waals surface area contributed by atoms with Gasteiger partial charge < -0.3 is 19.5 Å². The summed E-state index contributed by atoms with van der Waals surface area (Å²) in [7, 11) is 3.86. The minimum atomic E-state index is -0.756. The van der Waals surface area contributed by atoms with E-state index < -0.39 is 5.60 Å². The highest BCUT2D eigenvalue weighted by molar-refractivity contribution is 5.76. The number of aromatic nitrogens is 2. The molecule has 2 heterocycles. The molecule has 0 spiro atoms. The molecule has 1 atom stereocenters. The van der Waals surface area contributed by atoms with Gasteiger partial charge in [0.25, 0.3) is 0 Å². The van der Waals surface area contributed by atoms with Crippen molar-refractivity contribution in [1.82, 2.24) is 19.4 Å². The van der Waals surface area contributed by atoms with E-state index in [1.807, 2.05) is 29.8 Å². The largest absolute Gasteiger partial charge is 0.387 e. The first-order chi connectivity index (χ1) is 8.98. The van der Waals surface area contributed by atoms with Gasteiger partial charge in [-0.2, -0.15) is 0 Å². The van der Waals surface area contributed by atoms with Crippen LogP contribution in [0.3, 0.4) is 0 Å². The molecule has 0 saturated carbocycles. The van der Waals surface area contributed by atoms with Crippen molar-refractivity contribution in [1.29, 1.82) is 0 Å². The number of nitrogens with zero attached hydrogens (tertiary/aromatic N) is 4. The van der Waals surface area contributed by atoms with Gasteiger partial charge in [-0.1, -0.05) is 0 Å². The molecule has 0 aliphatic carbocycles. The number of carbonyl (C=O) groups is 1. The molecule has 19 heavy (non-hydrogen) atoms. The predicted octanol–water partition coefficient (Wildman–Crippen LogP) is -0.202. The predicted molar refractivity (Wildman–Crippen MR) is 71.5 cm³/mol. The molecule has 1 N–H and O–H groups in total. The Labute approximate surface area is 113 Å². The lowest BCUT2D eigenvalue weighted by atomic mass is 10.0. The second-order valence-corrected chi connectivity index (χ2v) is 5.58. The van der Waals surface area contributed by atoms with E-state index in [1.165, 1.54) is 0 Å². The molecule has 1 unspecified atom stereocenters. The SMILES string of the molecule is CN(C)CC1(O)CCN(C(=O)CCn2ccnc2)C1. The Bertz CT molecular complexity index is 418. The number of aliphatic hydroxyl groups is 1. The molecule has 1 aliphatic heterocycles. The van der Waals surface area contributed by atoms with Gasteiger partial charge in [0.1, 0.15) is 0 Å². The van der Waals surface area contributed by atoms with Crippen LogP contribution in [0.25, 0.3) is 0 Å². The second kappa shape index (κ2) is 5.71. The van der Waals surface area contributed by atoms with Crippen molar-refractivity contribution in [2.45, 2.75) is 25.0 Å². The van der Waals surface area contributed by atoms with Gasteiger partial charge in [0.05, 0.1) is 18.5 Å². The highest BCUT2D eigenvalue weighted by atomic mass is 16.3. The van der Waals surface area contributed by atoms with Crippen LogP contribution in [0.2, 0.25) is 0 Å². The summed E-state index contributed by atoms with van der Waals surface area (Å²) in [6.07, 6.45) is 6.37. The second-order valence-electron chi connectivity index (χ2n) is 5.58. The van der Waals surface area contributed by atoms with Gasteiger partial charge in [-0.15, -0.1) is 0 Å². The summed E-state index contributed by atoms with van der Waals surface area (Å²) in [6.45, 7) is 2.32. The lowest BCUT2D eigenvalue weighted by molar-refractivity contribution is -0.131. The lowest BCUT2D eigenvalue weighted by Crippen LogP contribution is -2.43. The van der Waals surface area contributed by atoms with Crippen LogP contribution in [-0.4, -0.2) is 69.7 Å². The summed E-state index contributed by atoms with van der Waals surface area (Å²) < 4.78 is 1.89. The smallest absolute Gasteiger partial charge is 0.224 e. The Balaban J connectivity index is 1.81. The maximum absolute atomic E-state index is 12.1. The molecule has 1 saturated heterocycles. The van der Waals surface area contributed by atoms with Crippen molar-refractivity contribution < 1.29 is 9.90 Å².